The molecule has 1 rings (SSSR count). The molecule has 1 heteroatoms. The highest BCUT2D eigenvalue weighted by molar-refractivity contribution is 4.69. The van der Waals surface area contributed by atoms with Gasteiger partial charge in [0.15, 0.2) is 0 Å². The van der Waals surface area contributed by atoms with Crippen LogP contribution in [0.25, 0.3) is 0 Å². The van der Waals surface area contributed by atoms with Crippen molar-refractivity contribution in [2.45, 2.75) is 70.9 Å². The summed E-state index contributed by atoms with van der Waals surface area (Å²) in [4.78, 5) is 0. The first-order chi connectivity index (χ1) is 6.34. The molecule has 0 aromatic rings. The summed E-state index contributed by atoms with van der Waals surface area (Å²) in [6, 6.07) is 0. The minimum absolute atomic E-state index is 0.378. The van der Waals surface area contributed by atoms with Crippen LogP contribution in [0.15, 0.2) is 0 Å². The van der Waals surface area contributed by atoms with E-state index < -0.39 is 6.17 Å². The number of rotatable bonds is 2. The van der Waals surface area contributed by atoms with Crippen LogP contribution < -0.4 is 0 Å². The molecule has 0 aromatic heterocycles. The van der Waals surface area contributed by atoms with Gasteiger partial charge in [-0.05, 0) is 25.2 Å². The van der Waals surface area contributed by atoms with E-state index in [0.717, 1.165) is 12.8 Å². The molecule has 0 spiro atoms. The molecule has 1 aliphatic carbocycles. The predicted molar refractivity (Wildman–Crippen MR) is 55.6 cm³/mol. The first kappa shape index (κ1) is 11.0. The predicted octanol–water partition coefficient (Wildman–Crippen LogP) is 4.49. The maximum Gasteiger partial charge on any atom is 0.103 e. The molecule has 13 heavy (non-hydrogen) atoms. The summed E-state index contributed by atoms with van der Waals surface area (Å²) in [5, 5.41) is 0. The third-order valence-corrected chi connectivity index (χ3v) is 3.30. The molecule has 1 unspecified atom stereocenters. The molecular weight excluding hydrogens is 163 g/mol. The average molecular weight is 186 g/mol. The van der Waals surface area contributed by atoms with Gasteiger partial charge in [-0.25, -0.2) is 4.39 Å². The van der Waals surface area contributed by atoms with Crippen LogP contribution in [-0.2, 0) is 0 Å². The lowest BCUT2D eigenvalue weighted by Crippen LogP contribution is -2.14. The summed E-state index contributed by atoms with van der Waals surface area (Å²) in [5.41, 5.74) is 0. The largest absolute Gasteiger partial charge is 0.247 e. The Kier molecular flexibility index (Phi) is 5.41. The molecule has 0 N–H and O–H groups in total. The van der Waals surface area contributed by atoms with Crippen molar-refractivity contribution in [3.05, 3.63) is 0 Å². The van der Waals surface area contributed by atoms with E-state index in [1.54, 1.807) is 0 Å². The van der Waals surface area contributed by atoms with E-state index in [9.17, 15) is 4.39 Å². The van der Waals surface area contributed by atoms with Crippen LogP contribution in [0.1, 0.15) is 64.7 Å². The lowest BCUT2D eigenvalue weighted by molar-refractivity contribution is 0.195. The van der Waals surface area contributed by atoms with E-state index in [1.807, 2.05) is 6.92 Å². The Morgan fingerprint density at radius 2 is 1.46 bits per heavy atom. The quantitative estimate of drug-likeness (QED) is 0.596. The van der Waals surface area contributed by atoms with Crippen LogP contribution in [0, 0.1) is 5.92 Å². The zero-order valence-corrected chi connectivity index (χ0v) is 8.90. The van der Waals surface area contributed by atoms with Crippen LogP contribution in [0.3, 0.4) is 0 Å². The van der Waals surface area contributed by atoms with Crippen molar-refractivity contribution in [2.24, 2.45) is 5.92 Å². The van der Waals surface area contributed by atoms with Crippen molar-refractivity contribution in [2.75, 3.05) is 0 Å². The zero-order chi connectivity index (χ0) is 9.52. The molecule has 1 atom stereocenters. The van der Waals surface area contributed by atoms with E-state index in [-0.39, 0.29) is 0 Å². The summed E-state index contributed by atoms with van der Waals surface area (Å²) in [7, 11) is 0. The van der Waals surface area contributed by atoms with Gasteiger partial charge in [0.05, 0.1) is 0 Å². The van der Waals surface area contributed by atoms with Crippen LogP contribution >= 0.6 is 0 Å². The van der Waals surface area contributed by atoms with Gasteiger partial charge >= 0.3 is 0 Å². The lowest BCUT2D eigenvalue weighted by atomic mass is 9.91. The van der Waals surface area contributed by atoms with Crippen molar-refractivity contribution in [1.29, 1.82) is 0 Å². The lowest BCUT2D eigenvalue weighted by Gasteiger charge is -2.18. The van der Waals surface area contributed by atoms with Gasteiger partial charge in [-0.15, -0.1) is 0 Å². The second-order valence-corrected chi connectivity index (χ2v) is 4.38. The number of hydrogen-bond donors (Lipinski definition) is 0. The third kappa shape index (κ3) is 4.10. The number of alkyl halides is 1. The molecule has 0 nitrogen and oxygen atoms in total. The molecule has 0 radical (unpaired) electrons. The fourth-order valence-corrected chi connectivity index (χ4v) is 2.36. The Hall–Kier alpha value is -0.0700. The highest BCUT2D eigenvalue weighted by Crippen LogP contribution is 2.27. The average Bonchev–Trinajstić information content (AvgIpc) is 2.29. The second-order valence-electron chi connectivity index (χ2n) is 4.38. The van der Waals surface area contributed by atoms with Crippen molar-refractivity contribution in [1.82, 2.24) is 0 Å². The van der Waals surface area contributed by atoms with Gasteiger partial charge in [0.2, 0.25) is 0 Å². The summed E-state index contributed by atoms with van der Waals surface area (Å²) in [6.07, 6.45) is 10.4. The van der Waals surface area contributed by atoms with Crippen molar-refractivity contribution in [3.8, 4) is 0 Å². The van der Waals surface area contributed by atoms with Crippen LogP contribution in [0.2, 0.25) is 0 Å². The van der Waals surface area contributed by atoms with E-state index in [4.69, 9.17) is 0 Å². The summed E-state index contributed by atoms with van der Waals surface area (Å²) in [6.45, 7) is 1.97. The topological polar surface area (TPSA) is 0 Å². The van der Waals surface area contributed by atoms with E-state index >= 15 is 0 Å². The first-order valence-corrected chi connectivity index (χ1v) is 5.98. The molecule has 1 saturated carbocycles. The molecule has 78 valence electrons. The standard InChI is InChI=1S/C12H23F/c1-2-12(13)11-9-7-5-3-4-6-8-10-11/h11-12H,2-10H2,1H3. The summed E-state index contributed by atoms with van der Waals surface area (Å²) >= 11 is 0. The van der Waals surface area contributed by atoms with Crippen LogP contribution in [0.4, 0.5) is 4.39 Å². The Labute approximate surface area is 81.9 Å². The van der Waals surface area contributed by atoms with E-state index in [0.29, 0.717) is 12.3 Å². The summed E-state index contributed by atoms with van der Waals surface area (Å²) in [5.74, 6) is 0.378. The van der Waals surface area contributed by atoms with Gasteiger partial charge in [-0.3, -0.25) is 0 Å². The van der Waals surface area contributed by atoms with Gasteiger partial charge in [-0.1, -0.05) is 45.4 Å². The molecule has 0 saturated heterocycles. The van der Waals surface area contributed by atoms with Crippen molar-refractivity contribution < 1.29 is 4.39 Å². The van der Waals surface area contributed by atoms with E-state index in [1.165, 1.54) is 38.5 Å². The Balaban J connectivity index is 2.31. The molecule has 0 aliphatic heterocycles. The monoisotopic (exact) mass is 186 g/mol. The minimum Gasteiger partial charge on any atom is -0.247 e. The highest BCUT2D eigenvalue weighted by Gasteiger charge is 2.19. The van der Waals surface area contributed by atoms with Crippen molar-refractivity contribution in [3.63, 3.8) is 0 Å². The molecule has 0 bridgehead atoms. The molecular formula is C12H23F. The fourth-order valence-electron chi connectivity index (χ4n) is 2.36. The molecule has 1 aliphatic rings. The molecule has 0 aromatic carbocycles. The molecule has 0 amide bonds. The van der Waals surface area contributed by atoms with Gasteiger partial charge in [-0.2, -0.15) is 0 Å². The second kappa shape index (κ2) is 6.39. The van der Waals surface area contributed by atoms with Crippen LogP contribution in [0.5, 0.6) is 0 Å². The van der Waals surface area contributed by atoms with E-state index in [2.05, 4.69) is 0 Å². The molecule has 0 heterocycles. The maximum atomic E-state index is 13.5. The SMILES string of the molecule is CCC(F)C1CCCCCCCC1. The minimum atomic E-state index is -0.530. The van der Waals surface area contributed by atoms with Crippen molar-refractivity contribution >= 4 is 0 Å². The van der Waals surface area contributed by atoms with Gasteiger partial charge in [0.1, 0.15) is 6.17 Å². The molecule has 1 fully saturated rings. The normalized spacial score (nSPS) is 24.5. The Morgan fingerprint density at radius 3 is 1.92 bits per heavy atom. The van der Waals surface area contributed by atoms with Gasteiger partial charge < -0.3 is 0 Å². The maximum absolute atomic E-state index is 13.5. The zero-order valence-electron chi connectivity index (χ0n) is 8.90. The summed E-state index contributed by atoms with van der Waals surface area (Å²) < 4.78 is 13.5. The van der Waals surface area contributed by atoms with Gasteiger partial charge in [0, 0.05) is 0 Å². The highest BCUT2D eigenvalue weighted by atomic mass is 19.1. The third-order valence-electron chi connectivity index (χ3n) is 3.30. The number of hydrogen-bond acceptors (Lipinski definition) is 0. The number of halogens is 1. The van der Waals surface area contributed by atoms with Gasteiger partial charge in [0.25, 0.3) is 0 Å². The van der Waals surface area contributed by atoms with Crippen LogP contribution in [-0.4, -0.2) is 6.17 Å². The Morgan fingerprint density at radius 1 is 1.00 bits per heavy atom. The first-order valence-electron chi connectivity index (χ1n) is 5.98. The fraction of sp³-hybridized carbons (Fsp3) is 1.00. The smallest absolute Gasteiger partial charge is 0.103 e. The Bertz CT molecular complexity index is 112.